The first-order valence-corrected chi connectivity index (χ1v) is 8.10. The van der Waals surface area contributed by atoms with Gasteiger partial charge in [-0.25, -0.2) is 0 Å². The largest absolute Gasteiger partial charge is 0.337 e. The van der Waals surface area contributed by atoms with E-state index in [9.17, 15) is 0 Å². The second-order valence-corrected chi connectivity index (χ2v) is 6.72. The molecule has 0 saturated carbocycles. The Hall–Kier alpha value is -2.60. The summed E-state index contributed by atoms with van der Waals surface area (Å²) in [4.78, 5) is 13.3. The van der Waals surface area contributed by atoms with Crippen LogP contribution in [-0.2, 0) is 0 Å². The third-order valence-corrected chi connectivity index (χ3v) is 4.32. The summed E-state index contributed by atoms with van der Waals surface area (Å²) in [6.07, 6.45) is 5.64. The summed E-state index contributed by atoms with van der Waals surface area (Å²) in [6, 6.07) is 9.79. The van der Waals surface area contributed by atoms with Crippen LogP contribution in [-0.4, -0.2) is 25.6 Å². The Morgan fingerprint density at radius 2 is 2.04 bits per heavy atom. The van der Waals surface area contributed by atoms with E-state index < -0.39 is 0 Å². The highest BCUT2D eigenvalue weighted by Crippen LogP contribution is 2.32. The molecule has 24 heavy (non-hydrogen) atoms. The van der Waals surface area contributed by atoms with E-state index in [1.807, 2.05) is 30.3 Å². The average Bonchev–Trinajstić information content (AvgIpc) is 3.22. The molecular weight excluding hydrogens is 302 g/mol. The van der Waals surface area contributed by atoms with Crippen LogP contribution in [0.5, 0.6) is 0 Å². The summed E-state index contributed by atoms with van der Waals surface area (Å²) in [5, 5.41) is 7.59. The smallest absolute Gasteiger partial charge is 0.244 e. The van der Waals surface area contributed by atoms with Crippen LogP contribution in [0.3, 0.4) is 0 Å². The van der Waals surface area contributed by atoms with Crippen LogP contribution in [0.2, 0.25) is 0 Å². The first-order chi connectivity index (χ1) is 11.6. The first kappa shape index (κ1) is 15.0. The van der Waals surface area contributed by atoms with E-state index in [1.54, 1.807) is 12.4 Å². The molecule has 0 aliphatic carbocycles. The van der Waals surface area contributed by atoms with E-state index in [-0.39, 0.29) is 11.6 Å². The van der Waals surface area contributed by atoms with Crippen molar-refractivity contribution in [3.63, 3.8) is 0 Å². The van der Waals surface area contributed by atoms with Crippen molar-refractivity contribution in [2.24, 2.45) is 0 Å². The van der Waals surface area contributed by atoms with Crippen molar-refractivity contribution in [3.05, 3.63) is 48.6 Å². The first-order valence-electron chi connectivity index (χ1n) is 8.10. The number of nitrogens with zero attached hydrogens (tertiary/aromatic N) is 4. The molecule has 0 spiro atoms. The van der Waals surface area contributed by atoms with Crippen LogP contribution in [0.1, 0.15) is 38.6 Å². The molecule has 0 bridgehead atoms. The standard InChI is InChI=1S/C18H19N5O/c1-18(2)9-8-15(22-18)17-21-16(23-24-17)14-7-6-12(11-20-14)13-5-3-4-10-19-13/h3-7,10-11,15,22H,8-9H2,1-2H3. The van der Waals surface area contributed by atoms with Gasteiger partial charge in [0.05, 0.1) is 11.7 Å². The van der Waals surface area contributed by atoms with Gasteiger partial charge >= 0.3 is 0 Å². The van der Waals surface area contributed by atoms with E-state index in [0.717, 1.165) is 24.1 Å². The number of rotatable bonds is 3. The van der Waals surface area contributed by atoms with Gasteiger partial charge in [-0.1, -0.05) is 11.2 Å². The van der Waals surface area contributed by atoms with Gasteiger partial charge in [0.25, 0.3) is 0 Å². The van der Waals surface area contributed by atoms with Crippen LogP contribution in [0.25, 0.3) is 22.8 Å². The summed E-state index contributed by atoms with van der Waals surface area (Å²) < 4.78 is 5.44. The lowest BCUT2D eigenvalue weighted by Gasteiger charge is -2.18. The lowest BCUT2D eigenvalue weighted by molar-refractivity contribution is 0.328. The van der Waals surface area contributed by atoms with Gasteiger partial charge in [-0.2, -0.15) is 4.98 Å². The predicted octanol–water partition coefficient (Wildman–Crippen LogP) is 3.40. The Morgan fingerprint density at radius 3 is 2.71 bits per heavy atom. The molecule has 4 rings (SSSR count). The summed E-state index contributed by atoms with van der Waals surface area (Å²) in [6.45, 7) is 4.37. The number of aromatic nitrogens is 4. The van der Waals surface area contributed by atoms with Crippen molar-refractivity contribution in [2.45, 2.75) is 38.3 Å². The minimum atomic E-state index is 0.113. The molecule has 0 radical (unpaired) electrons. The fraction of sp³-hybridized carbons (Fsp3) is 0.333. The molecular formula is C18H19N5O. The Bertz CT molecular complexity index is 826. The fourth-order valence-corrected chi connectivity index (χ4v) is 3.00. The molecule has 4 heterocycles. The van der Waals surface area contributed by atoms with E-state index in [1.165, 1.54) is 0 Å². The molecule has 1 saturated heterocycles. The number of nitrogens with one attached hydrogen (secondary N) is 1. The van der Waals surface area contributed by atoms with E-state index >= 15 is 0 Å². The Balaban J connectivity index is 1.55. The van der Waals surface area contributed by atoms with Gasteiger partial charge in [-0.3, -0.25) is 9.97 Å². The summed E-state index contributed by atoms with van der Waals surface area (Å²) in [5.74, 6) is 1.15. The van der Waals surface area contributed by atoms with Gasteiger partial charge in [0.1, 0.15) is 5.69 Å². The van der Waals surface area contributed by atoms with Gasteiger partial charge in [-0.15, -0.1) is 0 Å². The number of hydrogen-bond acceptors (Lipinski definition) is 6. The zero-order valence-corrected chi connectivity index (χ0v) is 13.7. The van der Waals surface area contributed by atoms with Crippen LogP contribution in [0.4, 0.5) is 0 Å². The third-order valence-electron chi connectivity index (χ3n) is 4.32. The monoisotopic (exact) mass is 321 g/mol. The van der Waals surface area contributed by atoms with Crippen molar-refractivity contribution in [3.8, 4) is 22.8 Å². The lowest BCUT2D eigenvalue weighted by Crippen LogP contribution is -2.33. The van der Waals surface area contributed by atoms with Crippen molar-refractivity contribution in [1.29, 1.82) is 0 Å². The van der Waals surface area contributed by atoms with Crippen LogP contribution in [0, 0.1) is 0 Å². The molecule has 1 aliphatic rings. The second-order valence-electron chi connectivity index (χ2n) is 6.72. The highest BCUT2D eigenvalue weighted by molar-refractivity contribution is 5.60. The van der Waals surface area contributed by atoms with E-state index in [2.05, 4.69) is 39.3 Å². The lowest BCUT2D eigenvalue weighted by atomic mass is 10.0. The third kappa shape index (κ3) is 2.92. The zero-order valence-electron chi connectivity index (χ0n) is 13.7. The van der Waals surface area contributed by atoms with Gasteiger partial charge in [0.2, 0.25) is 11.7 Å². The van der Waals surface area contributed by atoms with Crippen molar-refractivity contribution in [2.75, 3.05) is 0 Å². The number of pyridine rings is 2. The van der Waals surface area contributed by atoms with E-state index in [0.29, 0.717) is 17.4 Å². The maximum atomic E-state index is 5.44. The molecule has 1 aliphatic heterocycles. The molecule has 6 heteroatoms. The summed E-state index contributed by atoms with van der Waals surface area (Å²) in [7, 11) is 0. The molecule has 1 N–H and O–H groups in total. The van der Waals surface area contributed by atoms with Gasteiger partial charge in [0, 0.05) is 23.5 Å². The highest BCUT2D eigenvalue weighted by atomic mass is 16.5. The Kier molecular flexibility index (Phi) is 3.61. The van der Waals surface area contributed by atoms with Gasteiger partial charge in [0.15, 0.2) is 0 Å². The maximum Gasteiger partial charge on any atom is 0.244 e. The van der Waals surface area contributed by atoms with Crippen molar-refractivity contribution >= 4 is 0 Å². The molecule has 1 fully saturated rings. The van der Waals surface area contributed by atoms with Crippen LogP contribution >= 0.6 is 0 Å². The Morgan fingerprint density at radius 1 is 1.12 bits per heavy atom. The highest BCUT2D eigenvalue weighted by Gasteiger charge is 2.34. The molecule has 3 aromatic rings. The average molecular weight is 321 g/mol. The summed E-state index contributed by atoms with van der Waals surface area (Å²) >= 11 is 0. The molecule has 1 atom stereocenters. The second kappa shape index (κ2) is 5.79. The topological polar surface area (TPSA) is 76.7 Å². The minimum absolute atomic E-state index is 0.113. The zero-order chi connectivity index (χ0) is 16.6. The molecule has 3 aromatic heterocycles. The van der Waals surface area contributed by atoms with Crippen molar-refractivity contribution in [1.82, 2.24) is 25.4 Å². The van der Waals surface area contributed by atoms with Crippen molar-refractivity contribution < 1.29 is 4.52 Å². The number of hydrogen-bond donors (Lipinski definition) is 1. The maximum absolute atomic E-state index is 5.44. The normalized spacial score (nSPS) is 19.5. The predicted molar refractivity (Wildman–Crippen MR) is 89.9 cm³/mol. The molecule has 6 nitrogen and oxygen atoms in total. The quantitative estimate of drug-likeness (QED) is 0.797. The van der Waals surface area contributed by atoms with Gasteiger partial charge < -0.3 is 9.84 Å². The fourth-order valence-electron chi connectivity index (χ4n) is 3.00. The molecule has 122 valence electrons. The van der Waals surface area contributed by atoms with Crippen LogP contribution in [0.15, 0.2) is 47.2 Å². The SMILES string of the molecule is CC1(C)CCC(c2nc(-c3ccc(-c4ccccn4)cn3)no2)N1. The minimum Gasteiger partial charge on any atom is -0.337 e. The summed E-state index contributed by atoms with van der Waals surface area (Å²) in [5.41, 5.74) is 2.66. The Labute approximate surface area is 140 Å². The molecule has 0 aromatic carbocycles. The molecule has 0 amide bonds. The molecule has 1 unspecified atom stereocenters. The van der Waals surface area contributed by atoms with Gasteiger partial charge in [-0.05, 0) is 51.0 Å². The van der Waals surface area contributed by atoms with Crippen LogP contribution < -0.4 is 5.32 Å². The van der Waals surface area contributed by atoms with E-state index in [4.69, 9.17) is 4.52 Å².